The quantitative estimate of drug-likeness (QED) is 0.393. The van der Waals surface area contributed by atoms with E-state index in [1.54, 1.807) is 12.1 Å². The zero-order valence-electron chi connectivity index (χ0n) is 19.8. The Bertz CT molecular complexity index is 1430. The zero-order valence-corrected chi connectivity index (χ0v) is 20.6. The predicted octanol–water partition coefficient (Wildman–Crippen LogP) is 3.53. The molecule has 2 aromatic heterocycles. The fourth-order valence-corrected chi connectivity index (χ4v) is 6.08. The van der Waals surface area contributed by atoms with Crippen LogP contribution in [0, 0.1) is 0 Å². The molecule has 1 aliphatic rings. The fraction of sp³-hybridized carbons (Fsp3) is 0.269. The summed E-state index contributed by atoms with van der Waals surface area (Å²) in [6.45, 7) is 2.67. The van der Waals surface area contributed by atoms with Gasteiger partial charge in [0.05, 0.1) is 25.6 Å². The molecular weight excluding hydrogens is 464 g/mol. The van der Waals surface area contributed by atoms with Crippen molar-refractivity contribution in [1.82, 2.24) is 18.6 Å². The molecule has 0 radical (unpaired) electrons. The van der Waals surface area contributed by atoms with Crippen molar-refractivity contribution in [3.8, 4) is 22.8 Å². The summed E-state index contributed by atoms with van der Waals surface area (Å²) in [7, 11) is -0.739. The molecule has 2 aromatic carbocycles. The number of pyridine rings is 1. The van der Waals surface area contributed by atoms with E-state index in [4.69, 9.17) is 14.5 Å². The largest absolute Gasteiger partial charge is 0.497 e. The van der Waals surface area contributed by atoms with E-state index in [0.29, 0.717) is 44.2 Å². The Balaban J connectivity index is 1.37. The van der Waals surface area contributed by atoms with Crippen molar-refractivity contribution in [2.45, 2.75) is 11.4 Å². The van der Waals surface area contributed by atoms with Gasteiger partial charge in [-0.05, 0) is 24.3 Å². The number of nitrogens with zero attached hydrogens (tertiary/aromatic N) is 4. The number of sulfonamides is 1. The van der Waals surface area contributed by atoms with Crippen LogP contribution >= 0.6 is 0 Å². The van der Waals surface area contributed by atoms with E-state index >= 15 is 0 Å². The number of hydrogen-bond donors (Lipinski definition) is 0. The summed E-state index contributed by atoms with van der Waals surface area (Å²) in [4.78, 5) is 7.28. The van der Waals surface area contributed by atoms with Crippen molar-refractivity contribution in [2.24, 2.45) is 0 Å². The number of ether oxygens (including phenoxy) is 2. The minimum atomic E-state index is -3.72. The second kappa shape index (κ2) is 9.69. The topological polar surface area (TPSA) is 76.4 Å². The molecule has 0 N–H and O–H groups in total. The van der Waals surface area contributed by atoms with Gasteiger partial charge in [0, 0.05) is 50.6 Å². The Morgan fingerprint density at radius 3 is 2.34 bits per heavy atom. The molecule has 9 heteroatoms. The molecule has 0 unspecified atom stereocenters. The van der Waals surface area contributed by atoms with Crippen molar-refractivity contribution in [1.29, 1.82) is 0 Å². The molecule has 5 rings (SSSR count). The van der Waals surface area contributed by atoms with Crippen molar-refractivity contribution >= 4 is 15.7 Å². The van der Waals surface area contributed by atoms with Crippen LogP contribution in [0.4, 0.5) is 0 Å². The first-order valence-corrected chi connectivity index (χ1v) is 12.9. The second-order valence-electron chi connectivity index (χ2n) is 8.40. The lowest BCUT2D eigenvalue weighted by atomic mass is 10.1. The molecule has 1 aliphatic heterocycles. The van der Waals surface area contributed by atoms with Gasteiger partial charge < -0.3 is 13.9 Å². The maximum absolute atomic E-state index is 13.4. The molecular formula is C26H28N4O4S. The van der Waals surface area contributed by atoms with E-state index in [1.807, 2.05) is 42.6 Å². The lowest BCUT2D eigenvalue weighted by Crippen LogP contribution is -2.48. The molecule has 8 nitrogen and oxygen atoms in total. The first-order valence-electron chi connectivity index (χ1n) is 11.5. The smallest absolute Gasteiger partial charge is 0.246 e. The third-order valence-electron chi connectivity index (χ3n) is 6.37. The van der Waals surface area contributed by atoms with E-state index in [2.05, 4.69) is 21.4 Å². The van der Waals surface area contributed by atoms with Crippen LogP contribution in [0.25, 0.3) is 16.9 Å². The third-order valence-corrected chi connectivity index (χ3v) is 8.29. The molecule has 0 saturated carbocycles. The lowest BCUT2D eigenvalue weighted by molar-refractivity contribution is 0.179. The highest BCUT2D eigenvalue weighted by Gasteiger charge is 2.32. The van der Waals surface area contributed by atoms with Gasteiger partial charge in [-0.2, -0.15) is 4.31 Å². The standard InChI is InChI=1S/C26H28N4O4S/c1-33-21-11-12-23(34-2)24(18-21)35(31,32)29-16-14-28(15-17-29)19-22-26(20-8-4-3-5-9-20)27-25-10-6-7-13-30(22)25/h3-13,18H,14-17,19H2,1-2H3. The summed E-state index contributed by atoms with van der Waals surface area (Å²) < 4.78 is 41.1. The summed E-state index contributed by atoms with van der Waals surface area (Å²) in [6.07, 6.45) is 2.03. The molecule has 0 amide bonds. The molecule has 0 aliphatic carbocycles. The van der Waals surface area contributed by atoms with Crippen LogP contribution in [0.15, 0.2) is 77.8 Å². The normalized spacial score (nSPS) is 15.4. The molecule has 35 heavy (non-hydrogen) atoms. The summed E-state index contributed by atoms with van der Waals surface area (Å²) in [6, 6.07) is 21.0. The Kier molecular flexibility index (Phi) is 6.46. The summed E-state index contributed by atoms with van der Waals surface area (Å²) in [5.41, 5.74) is 4.01. The van der Waals surface area contributed by atoms with Crippen LogP contribution < -0.4 is 9.47 Å². The van der Waals surface area contributed by atoms with Crippen molar-refractivity contribution in [3.05, 3.63) is 78.6 Å². The highest BCUT2D eigenvalue weighted by atomic mass is 32.2. The molecule has 182 valence electrons. The van der Waals surface area contributed by atoms with E-state index in [-0.39, 0.29) is 4.90 Å². The fourth-order valence-electron chi connectivity index (χ4n) is 4.49. The molecule has 1 fully saturated rings. The van der Waals surface area contributed by atoms with Gasteiger partial charge in [-0.1, -0.05) is 36.4 Å². The molecule has 0 atom stereocenters. The zero-order chi connectivity index (χ0) is 24.4. The number of hydrogen-bond acceptors (Lipinski definition) is 6. The van der Waals surface area contributed by atoms with Crippen LogP contribution in [-0.4, -0.2) is 67.4 Å². The average Bonchev–Trinajstić information content (AvgIpc) is 3.27. The molecule has 1 saturated heterocycles. The van der Waals surface area contributed by atoms with Crippen LogP contribution in [0.2, 0.25) is 0 Å². The Hall–Kier alpha value is -3.40. The Morgan fingerprint density at radius 1 is 0.886 bits per heavy atom. The third kappa shape index (κ3) is 4.50. The van der Waals surface area contributed by atoms with Gasteiger partial charge in [0.15, 0.2) is 0 Å². The van der Waals surface area contributed by atoms with Gasteiger partial charge in [0.1, 0.15) is 22.0 Å². The monoisotopic (exact) mass is 492 g/mol. The van der Waals surface area contributed by atoms with Crippen LogP contribution in [0.1, 0.15) is 5.69 Å². The van der Waals surface area contributed by atoms with Crippen LogP contribution in [0.5, 0.6) is 11.5 Å². The number of fused-ring (bicyclic) bond motifs is 1. The first-order chi connectivity index (χ1) is 17.0. The maximum Gasteiger partial charge on any atom is 0.246 e. The predicted molar refractivity (Wildman–Crippen MR) is 134 cm³/mol. The van der Waals surface area contributed by atoms with E-state index in [9.17, 15) is 8.42 Å². The SMILES string of the molecule is COc1ccc(OC)c(S(=O)(=O)N2CCN(Cc3c(-c4ccccc4)nc4ccccn34)CC2)c1. The van der Waals surface area contributed by atoms with E-state index < -0.39 is 10.0 Å². The molecule has 4 aromatic rings. The van der Waals surface area contributed by atoms with Crippen molar-refractivity contribution in [2.75, 3.05) is 40.4 Å². The second-order valence-corrected chi connectivity index (χ2v) is 10.3. The van der Waals surface area contributed by atoms with Crippen molar-refractivity contribution in [3.63, 3.8) is 0 Å². The van der Waals surface area contributed by atoms with Crippen LogP contribution in [-0.2, 0) is 16.6 Å². The Labute approximate surface area is 205 Å². The van der Waals surface area contributed by atoms with Gasteiger partial charge in [-0.25, -0.2) is 13.4 Å². The summed E-state index contributed by atoms with van der Waals surface area (Å²) in [5, 5.41) is 0. The van der Waals surface area contributed by atoms with E-state index in [1.165, 1.54) is 24.6 Å². The average molecular weight is 493 g/mol. The Morgan fingerprint density at radius 2 is 1.63 bits per heavy atom. The number of rotatable bonds is 7. The number of imidazole rings is 1. The number of methoxy groups -OCH3 is 2. The lowest BCUT2D eigenvalue weighted by Gasteiger charge is -2.34. The minimum Gasteiger partial charge on any atom is -0.497 e. The highest BCUT2D eigenvalue weighted by molar-refractivity contribution is 7.89. The van der Waals surface area contributed by atoms with Crippen LogP contribution in [0.3, 0.4) is 0 Å². The highest BCUT2D eigenvalue weighted by Crippen LogP contribution is 2.31. The number of aromatic nitrogens is 2. The summed E-state index contributed by atoms with van der Waals surface area (Å²) >= 11 is 0. The minimum absolute atomic E-state index is 0.126. The molecule has 0 spiro atoms. The van der Waals surface area contributed by atoms with Gasteiger partial charge in [-0.3, -0.25) is 4.90 Å². The van der Waals surface area contributed by atoms with Crippen molar-refractivity contribution < 1.29 is 17.9 Å². The maximum atomic E-state index is 13.4. The number of piperazine rings is 1. The van der Waals surface area contributed by atoms with E-state index in [0.717, 1.165) is 22.6 Å². The number of benzene rings is 2. The molecule has 0 bridgehead atoms. The molecule has 3 heterocycles. The van der Waals surface area contributed by atoms with Gasteiger partial charge >= 0.3 is 0 Å². The van der Waals surface area contributed by atoms with Gasteiger partial charge in [0.25, 0.3) is 0 Å². The first kappa shape index (κ1) is 23.3. The van der Waals surface area contributed by atoms with Gasteiger partial charge in [0.2, 0.25) is 10.0 Å². The van der Waals surface area contributed by atoms with Gasteiger partial charge in [-0.15, -0.1) is 0 Å². The summed E-state index contributed by atoms with van der Waals surface area (Å²) in [5.74, 6) is 0.788.